The molecule has 0 N–H and O–H groups in total. The number of rotatable bonds is 5. The molecule has 2 aromatic carbocycles. The lowest BCUT2D eigenvalue weighted by atomic mass is 10.1. The zero-order chi connectivity index (χ0) is 21.3. The van der Waals surface area contributed by atoms with Crippen LogP contribution in [-0.4, -0.2) is 55.5 Å². The Morgan fingerprint density at radius 1 is 1.03 bits per heavy atom. The van der Waals surface area contributed by atoms with Gasteiger partial charge in [0.05, 0.1) is 24.8 Å². The van der Waals surface area contributed by atoms with Crippen molar-refractivity contribution in [2.24, 2.45) is 0 Å². The Bertz CT molecular complexity index is 939. The summed E-state index contributed by atoms with van der Waals surface area (Å²) in [5.74, 6) is 0.433. The van der Waals surface area contributed by atoms with Crippen LogP contribution < -0.4 is 14.5 Å². The van der Waals surface area contributed by atoms with Crippen LogP contribution in [0, 0.1) is 6.92 Å². The summed E-state index contributed by atoms with van der Waals surface area (Å²) in [6.07, 6.45) is 0.224. The van der Waals surface area contributed by atoms with Gasteiger partial charge in [0.2, 0.25) is 5.91 Å². The van der Waals surface area contributed by atoms with Crippen LogP contribution in [0.15, 0.2) is 42.5 Å². The van der Waals surface area contributed by atoms with E-state index in [4.69, 9.17) is 16.3 Å². The minimum Gasteiger partial charge on any atom is -0.494 e. The monoisotopic (exact) mass is 427 g/mol. The molecule has 2 saturated heterocycles. The van der Waals surface area contributed by atoms with Gasteiger partial charge >= 0.3 is 0 Å². The van der Waals surface area contributed by atoms with Gasteiger partial charge in [-0.05, 0) is 55.8 Å². The van der Waals surface area contributed by atoms with Crippen molar-refractivity contribution in [1.82, 2.24) is 4.90 Å². The zero-order valence-corrected chi connectivity index (χ0v) is 18.1. The molecule has 2 aliphatic heterocycles. The van der Waals surface area contributed by atoms with E-state index < -0.39 is 6.04 Å². The van der Waals surface area contributed by atoms with Crippen LogP contribution in [-0.2, 0) is 9.59 Å². The van der Waals surface area contributed by atoms with Gasteiger partial charge in [0.1, 0.15) is 5.75 Å². The van der Waals surface area contributed by atoms with Crippen LogP contribution in [0.25, 0.3) is 0 Å². The molecule has 2 aliphatic rings. The van der Waals surface area contributed by atoms with Crippen molar-refractivity contribution in [3.05, 3.63) is 53.1 Å². The van der Waals surface area contributed by atoms with Crippen molar-refractivity contribution >= 4 is 34.8 Å². The molecule has 2 amide bonds. The molecular weight excluding hydrogens is 402 g/mol. The third-order valence-electron chi connectivity index (χ3n) is 5.80. The van der Waals surface area contributed by atoms with E-state index in [1.807, 2.05) is 25.1 Å². The second-order valence-electron chi connectivity index (χ2n) is 7.67. The van der Waals surface area contributed by atoms with Crippen LogP contribution in [0.5, 0.6) is 5.75 Å². The molecule has 0 spiro atoms. The molecule has 2 heterocycles. The molecule has 6 nitrogen and oxygen atoms in total. The maximum Gasteiger partial charge on any atom is 0.251 e. The molecule has 0 unspecified atom stereocenters. The number of nitrogens with zero attached hydrogens (tertiary/aromatic N) is 3. The topological polar surface area (TPSA) is 53.1 Å². The summed E-state index contributed by atoms with van der Waals surface area (Å²) in [4.78, 5) is 31.5. The Morgan fingerprint density at radius 2 is 1.73 bits per heavy atom. The number of hydrogen-bond acceptors (Lipinski definition) is 5. The second-order valence-corrected chi connectivity index (χ2v) is 8.10. The maximum absolute atomic E-state index is 13.1. The van der Waals surface area contributed by atoms with E-state index in [1.165, 1.54) is 10.5 Å². The predicted octanol–water partition coefficient (Wildman–Crippen LogP) is 3.50. The van der Waals surface area contributed by atoms with Crippen LogP contribution in [0.3, 0.4) is 0 Å². The summed E-state index contributed by atoms with van der Waals surface area (Å²) in [7, 11) is 0. The van der Waals surface area contributed by atoms with Gasteiger partial charge in [-0.3, -0.25) is 14.5 Å². The largest absolute Gasteiger partial charge is 0.494 e. The van der Waals surface area contributed by atoms with Crippen molar-refractivity contribution in [3.63, 3.8) is 0 Å². The molecule has 0 aromatic heterocycles. The first-order chi connectivity index (χ1) is 14.5. The van der Waals surface area contributed by atoms with Gasteiger partial charge in [-0.15, -0.1) is 0 Å². The number of benzene rings is 2. The first kappa shape index (κ1) is 20.7. The first-order valence-corrected chi connectivity index (χ1v) is 10.7. The molecule has 30 heavy (non-hydrogen) atoms. The normalized spacial score (nSPS) is 20.2. The number of carbonyl (C=O) groups is 2. The molecule has 7 heteroatoms. The molecule has 1 atom stereocenters. The standard InChI is InChI=1S/C23H26ClN3O3/c1-3-30-19-8-6-18(7-9-19)27-22(28)15-21(23(27)29)26-12-10-25(11-13-26)20-14-17(24)5-4-16(20)2/h4-9,14,21H,3,10-13,15H2,1-2H3/t21-/m0/s1. The van der Waals surface area contributed by atoms with Gasteiger partial charge in [0, 0.05) is 36.9 Å². The minimum atomic E-state index is -0.397. The fourth-order valence-corrected chi connectivity index (χ4v) is 4.39. The maximum atomic E-state index is 13.1. The number of ether oxygens (including phenoxy) is 1. The average molecular weight is 428 g/mol. The van der Waals surface area contributed by atoms with Crippen molar-refractivity contribution in [2.75, 3.05) is 42.6 Å². The van der Waals surface area contributed by atoms with Crippen molar-refractivity contribution in [3.8, 4) is 5.75 Å². The van der Waals surface area contributed by atoms with Gasteiger partial charge in [-0.2, -0.15) is 0 Å². The number of piperazine rings is 1. The van der Waals surface area contributed by atoms with E-state index in [-0.39, 0.29) is 18.2 Å². The Hall–Kier alpha value is -2.57. The van der Waals surface area contributed by atoms with E-state index in [0.29, 0.717) is 12.3 Å². The number of anilines is 2. The first-order valence-electron chi connectivity index (χ1n) is 10.3. The van der Waals surface area contributed by atoms with E-state index >= 15 is 0 Å². The summed E-state index contributed by atoms with van der Waals surface area (Å²) < 4.78 is 5.45. The van der Waals surface area contributed by atoms with Crippen LogP contribution in [0.1, 0.15) is 18.9 Å². The van der Waals surface area contributed by atoms with E-state index in [2.05, 4.69) is 16.7 Å². The van der Waals surface area contributed by atoms with Gasteiger partial charge in [0.25, 0.3) is 5.91 Å². The van der Waals surface area contributed by atoms with E-state index in [0.717, 1.165) is 42.6 Å². The summed E-state index contributed by atoms with van der Waals surface area (Å²) in [5, 5.41) is 0.723. The number of carbonyl (C=O) groups excluding carboxylic acids is 2. The van der Waals surface area contributed by atoms with E-state index in [1.54, 1.807) is 24.3 Å². The molecular formula is C23H26ClN3O3. The lowest BCUT2D eigenvalue weighted by Gasteiger charge is -2.38. The highest BCUT2D eigenvalue weighted by atomic mass is 35.5. The summed E-state index contributed by atoms with van der Waals surface area (Å²) in [6.45, 7) is 7.61. The number of halogens is 1. The van der Waals surface area contributed by atoms with E-state index in [9.17, 15) is 9.59 Å². The third kappa shape index (κ3) is 4.02. The minimum absolute atomic E-state index is 0.142. The van der Waals surface area contributed by atoms with Gasteiger partial charge in [0.15, 0.2) is 0 Å². The Morgan fingerprint density at radius 3 is 2.40 bits per heavy atom. The average Bonchev–Trinajstić information content (AvgIpc) is 3.05. The molecule has 2 aromatic rings. The fourth-order valence-electron chi connectivity index (χ4n) is 4.23. The second kappa shape index (κ2) is 8.66. The van der Waals surface area contributed by atoms with Crippen LogP contribution in [0.2, 0.25) is 5.02 Å². The van der Waals surface area contributed by atoms with Gasteiger partial charge in [-0.25, -0.2) is 4.90 Å². The Balaban J connectivity index is 1.43. The lowest BCUT2D eigenvalue weighted by molar-refractivity contribution is -0.123. The highest BCUT2D eigenvalue weighted by Crippen LogP contribution is 2.30. The molecule has 158 valence electrons. The number of aryl methyl sites for hydroxylation is 1. The third-order valence-corrected chi connectivity index (χ3v) is 6.03. The highest BCUT2D eigenvalue weighted by Gasteiger charge is 2.43. The lowest BCUT2D eigenvalue weighted by Crippen LogP contribution is -2.52. The molecule has 2 fully saturated rings. The molecule has 0 bridgehead atoms. The van der Waals surface area contributed by atoms with Gasteiger partial charge < -0.3 is 9.64 Å². The van der Waals surface area contributed by atoms with Crippen LogP contribution in [0.4, 0.5) is 11.4 Å². The number of amides is 2. The molecule has 4 rings (SSSR count). The summed E-state index contributed by atoms with van der Waals surface area (Å²) in [5.41, 5.74) is 2.91. The Kier molecular flexibility index (Phi) is 5.97. The van der Waals surface area contributed by atoms with Crippen molar-refractivity contribution in [1.29, 1.82) is 0 Å². The van der Waals surface area contributed by atoms with Crippen molar-refractivity contribution in [2.45, 2.75) is 26.3 Å². The highest BCUT2D eigenvalue weighted by molar-refractivity contribution is 6.30. The SMILES string of the molecule is CCOc1ccc(N2C(=O)C[C@H](N3CCN(c4cc(Cl)ccc4C)CC3)C2=O)cc1. The molecule has 0 saturated carbocycles. The number of imide groups is 1. The smallest absolute Gasteiger partial charge is 0.251 e. The quantitative estimate of drug-likeness (QED) is 0.683. The van der Waals surface area contributed by atoms with Crippen molar-refractivity contribution < 1.29 is 14.3 Å². The summed E-state index contributed by atoms with van der Waals surface area (Å²) >= 11 is 6.17. The summed E-state index contributed by atoms with van der Waals surface area (Å²) in [6, 6.07) is 12.6. The fraction of sp³-hybridized carbons (Fsp3) is 0.391. The Labute approximate surface area is 182 Å². The zero-order valence-electron chi connectivity index (χ0n) is 17.3. The van der Waals surface area contributed by atoms with Gasteiger partial charge in [-0.1, -0.05) is 17.7 Å². The van der Waals surface area contributed by atoms with Crippen LogP contribution >= 0.6 is 11.6 Å². The predicted molar refractivity (Wildman–Crippen MR) is 118 cm³/mol. The number of hydrogen-bond donors (Lipinski definition) is 0. The molecule has 0 radical (unpaired) electrons. The molecule has 0 aliphatic carbocycles.